The molecule has 0 N–H and O–H groups in total. The molecular weight excluding hydrogens is 236 g/mol. The Bertz CT molecular complexity index is 495. The zero-order valence-corrected chi connectivity index (χ0v) is 10.3. The highest BCUT2D eigenvalue weighted by atomic mass is 16.6. The molecule has 0 unspecified atom stereocenters. The maximum absolute atomic E-state index is 11.9. The first-order valence-corrected chi connectivity index (χ1v) is 5.66. The SMILES string of the molecule is CN(C)C(=O)c1cccc(OC2CC2)c1[N+](=O)[O-]. The van der Waals surface area contributed by atoms with Crippen LogP contribution in [0.4, 0.5) is 5.69 Å². The molecule has 0 saturated heterocycles. The normalized spacial score (nSPS) is 14.1. The Morgan fingerprint density at radius 3 is 2.61 bits per heavy atom. The van der Waals surface area contributed by atoms with Crippen LogP contribution in [0, 0.1) is 10.1 Å². The molecule has 1 amide bonds. The molecule has 18 heavy (non-hydrogen) atoms. The molecule has 2 rings (SSSR count). The number of para-hydroxylation sites is 1. The fourth-order valence-electron chi connectivity index (χ4n) is 1.58. The first-order chi connectivity index (χ1) is 8.50. The van der Waals surface area contributed by atoms with Crippen LogP contribution in [-0.4, -0.2) is 35.9 Å². The molecule has 96 valence electrons. The molecular formula is C12H14N2O4. The predicted octanol–water partition coefficient (Wildman–Crippen LogP) is 1.84. The van der Waals surface area contributed by atoms with Crippen molar-refractivity contribution in [3.05, 3.63) is 33.9 Å². The Kier molecular flexibility index (Phi) is 3.18. The lowest BCUT2D eigenvalue weighted by atomic mass is 10.1. The quantitative estimate of drug-likeness (QED) is 0.603. The van der Waals surface area contributed by atoms with Crippen LogP contribution in [0.25, 0.3) is 0 Å². The van der Waals surface area contributed by atoms with Gasteiger partial charge in [-0.25, -0.2) is 0 Å². The highest BCUT2D eigenvalue weighted by Crippen LogP contribution is 2.35. The van der Waals surface area contributed by atoms with Crippen molar-refractivity contribution >= 4 is 11.6 Å². The van der Waals surface area contributed by atoms with E-state index in [0.717, 1.165) is 12.8 Å². The number of ether oxygens (including phenoxy) is 1. The summed E-state index contributed by atoms with van der Waals surface area (Å²) < 4.78 is 5.48. The van der Waals surface area contributed by atoms with Crippen LogP contribution in [0.15, 0.2) is 18.2 Å². The lowest BCUT2D eigenvalue weighted by molar-refractivity contribution is -0.386. The number of rotatable bonds is 4. The summed E-state index contributed by atoms with van der Waals surface area (Å²) in [6.45, 7) is 0. The Balaban J connectivity index is 2.44. The summed E-state index contributed by atoms with van der Waals surface area (Å²) in [7, 11) is 3.11. The van der Waals surface area contributed by atoms with Crippen LogP contribution in [0.1, 0.15) is 23.2 Å². The molecule has 0 heterocycles. The van der Waals surface area contributed by atoms with Gasteiger partial charge < -0.3 is 9.64 Å². The van der Waals surface area contributed by atoms with Crippen molar-refractivity contribution in [3.8, 4) is 5.75 Å². The molecule has 0 bridgehead atoms. The number of carbonyl (C=O) groups is 1. The predicted molar refractivity (Wildman–Crippen MR) is 64.8 cm³/mol. The topological polar surface area (TPSA) is 72.7 Å². The van der Waals surface area contributed by atoms with Gasteiger partial charge in [0.25, 0.3) is 5.91 Å². The average molecular weight is 250 g/mol. The number of nitro groups is 1. The summed E-state index contributed by atoms with van der Waals surface area (Å²) in [5.41, 5.74) is -0.189. The molecule has 1 aliphatic rings. The van der Waals surface area contributed by atoms with Crippen LogP contribution >= 0.6 is 0 Å². The van der Waals surface area contributed by atoms with Crippen LogP contribution in [0.2, 0.25) is 0 Å². The molecule has 1 aromatic rings. The summed E-state index contributed by atoms with van der Waals surface area (Å²) in [4.78, 5) is 23.8. The van der Waals surface area contributed by atoms with Crippen molar-refractivity contribution in [2.24, 2.45) is 0 Å². The zero-order valence-electron chi connectivity index (χ0n) is 10.3. The number of carbonyl (C=O) groups excluding carboxylic acids is 1. The van der Waals surface area contributed by atoms with E-state index in [4.69, 9.17) is 4.74 Å². The van der Waals surface area contributed by atoms with Gasteiger partial charge >= 0.3 is 5.69 Å². The van der Waals surface area contributed by atoms with Crippen molar-refractivity contribution in [1.82, 2.24) is 4.90 Å². The first kappa shape index (κ1) is 12.3. The second-order valence-electron chi connectivity index (χ2n) is 4.43. The van der Waals surface area contributed by atoms with E-state index in [0.29, 0.717) is 0 Å². The minimum Gasteiger partial charge on any atom is -0.483 e. The third-order valence-electron chi connectivity index (χ3n) is 2.64. The molecule has 6 nitrogen and oxygen atoms in total. The maximum atomic E-state index is 11.9. The van der Waals surface area contributed by atoms with Crippen molar-refractivity contribution in [1.29, 1.82) is 0 Å². The summed E-state index contributed by atoms with van der Waals surface area (Å²) in [5, 5.41) is 11.1. The monoisotopic (exact) mass is 250 g/mol. The van der Waals surface area contributed by atoms with Crippen LogP contribution in [-0.2, 0) is 0 Å². The van der Waals surface area contributed by atoms with Crippen LogP contribution in [0.3, 0.4) is 0 Å². The molecule has 1 aromatic carbocycles. The number of nitrogens with zero attached hydrogens (tertiary/aromatic N) is 2. The summed E-state index contributed by atoms with van der Waals surface area (Å²) in [6.07, 6.45) is 1.86. The van der Waals surface area contributed by atoms with Gasteiger partial charge in [-0.3, -0.25) is 14.9 Å². The molecule has 0 aliphatic heterocycles. The minimum atomic E-state index is -0.561. The molecule has 1 aliphatic carbocycles. The van der Waals surface area contributed by atoms with Crippen LogP contribution in [0.5, 0.6) is 5.75 Å². The Labute approximate surface area is 104 Å². The van der Waals surface area contributed by atoms with Gasteiger partial charge in [-0.15, -0.1) is 0 Å². The third kappa shape index (κ3) is 2.42. The molecule has 1 fully saturated rings. The molecule has 6 heteroatoms. The van der Waals surface area contributed by atoms with Crippen molar-refractivity contribution in [2.45, 2.75) is 18.9 Å². The van der Waals surface area contributed by atoms with E-state index < -0.39 is 10.8 Å². The fourth-order valence-corrected chi connectivity index (χ4v) is 1.58. The van der Waals surface area contributed by atoms with E-state index in [9.17, 15) is 14.9 Å². The van der Waals surface area contributed by atoms with Gasteiger partial charge in [0.15, 0.2) is 5.75 Å². The summed E-state index contributed by atoms with van der Waals surface area (Å²) >= 11 is 0. The lowest BCUT2D eigenvalue weighted by Crippen LogP contribution is -2.22. The minimum absolute atomic E-state index is 0.0495. The average Bonchev–Trinajstić information content (AvgIpc) is 3.11. The van der Waals surface area contributed by atoms with Gasteiger partial charge in [0.2, 0.25) is 0 Å². The summed E-state index contributed by atoms with van der Waals surface area (Å²) in [6, 6.07) is 4.57. The fraction of sp³-hybridized carbons (Fsp3) is 0.417. The summed E-state index contributed by atoms with van der Waals surface area (Å²) in [5.74, 6) is -0.224. The number of benzene rings is 1. The van der Waals surface area contributed by atoms with Gasteiger partial charge in [0.1, 0.15) is 5.56 Å². The number of hydrogen-bond donors (Lipinski definition) is 0. The number of nitro benzene ring substituents is 1. The molecule has 0 spiro atoms. The van der Waals surface area contributed by atoms with Crippen molar-refractivity contribution in [2.75, 3.05) is 14.1 Å². The smallest absolute Gasteiger partial charge is 0.323 e. The molecule has 1 saturated carbocycles. The maximum Gasteiger partial charge on any atom is 0.323 e. The van der Waals surface area contributed by atoms with Gasteiger partial charge in [0.05, 0.1) is 11.0 Å². The third-order valence-corrected chi connectivity index (χ3v) is 2.64. The van der Waals surface area contributed by atoms with E-state index in [2.05, 4.69) is 0 Å². The van der Waals surface area contributed by atoms with Gasteiger partial charge in [0, 0.05) is 14.1 Å². The lowest BCUT2D eigenvalue weighted by Gasteiger charge is -2.12. The van der Waals surface area contributed by atoms with Crippen molar-refractivity contribution in [3.63, 3.8) is 0 Å². The number of amides is 1. The van der Waals surface area contributed by atoms with E-state index >= 15 is 0 Å². The van der Waals surface area contributed by atoms with E-state index in [1.807, 2.05) is 0 Å². The second kappa shape index (κ2) is 4.64. The Hall–Kier alpha value is -2.11. The molecule has 0 atom stereocenters. The van der Waals surface area contributed by atoms with E-state index in [1.54, 1.807) is 20.2 Å². The van der Waals surface area contributed by atoms with E-state index in [-0.39, 0.29) is 23.1 Å². The van der Waals surface area contributed by atoms with Crippen LogP contribution < -0.4 is 4.74 Å². The Morgan fingerprint density at radius 1 is 1.44 bits per heavy atom. The van der Waals surface area contributed by atoms with Gasteiger partial charge in [-0.2, -0.15) is 0 Å². The van der Waals surface area contributed by atoms with E-state index in [1.165, 1.54) is 17.0 Å². The van der Waals surface area contributed by atoms with Gasteiger partial charge in [-0.05, 0) is 25.0 Å². The van der Waals surface area contributed by atoms with Crippen molar-refractivity contribution < 1.29 is 14.5 Å². The Morgan fingerprint density at radius 2 is 2.11 bits per heavy atom. The zero-order chi connectivity index (χ0) is 13.3. The number of hydrogen-bond acceptors (Lipinski definition) is 4. The molecule has 0 aromatic heterocycles. The largest absolute Gasteiger partial charge is 0.483 e. The molecule has 0 radical (unpaired) electrons. The highest BCUT2D eigenvalue weighted by molar-refractivity contribution is 5.98. The highest BCUT2D eigenvalue weighted by Gasteiger charge is 2.31. The standard InChI is InChI=1S/C12H14N2O4/c1-13(2)12(15)9-4-3-5-10(11(9)14(16)17)18-8-6-7-8/h3-5,8H,6-7H2,1-2H3. The second-order valence-corrected chi connectivity index (χ2v) is 4.43. The first-order valence-electron chi connectivity index (χ1n) is 5.66. The van der Waals surface area contributed by atoms with Gasteiger partial charge in [-0.1, -0.05) is 6.07 Å².